The molecule has 0 bridgehead atoms. The number of ketones is 1. The first-order valence-electron chi connectivity index (χ1n) is 5.66. The maximum Gasteiger partial charge on any atom is 0.333 e. The molecule has 0 aliphatic heterocycles. The van der Waals surface area contributed by atoms with Crippen molar-refractivity contribution in [3.63, 3.8) is 0 Å². The molecule has 102 valence electrons. The van der Waals surface area contributed by atoms with Gasteiger partial charge in [-0.05, 0) is 13.8 Å². The van der Waals surface area contributed by atoms with Gasteiger partial charge in [0.05, 0.1) is 0 Å². The van der Waals surface area contributed by atoms with Gasteiger partial charge in [0.15, 0.2) is 11.8 Å². The van der Waals surface area contributed by atoms with Crippen molar-refractivity contribution in [1.29, 1.82) is 0 Å². The molecule has 1 N–H and O–H groups in total. The lowest BCUT2D eigenvalue weighted by Gasteiger charge is -2.06. The van der Waals surface area contributed by atoms with Crippen LogP contribution < -0.4 is 15.8 Å². The number of aromatic nitrogens is 4. The van der Waals surface area contributed by atoms with Gasteiger partial charge in [0.25, 0.3) is 11.2 Å². The van der Waals surface area contributed by atoms with Gasteiger partial charge in [0.2, 0.25) is 0 Å². The molecule has 0 amide bonds. The third-order valence-electron chi connectivity index (χ3n) is 3.29. The van der Waals surface area contributed by atoms with E-state index in [9.17, 15) is 14.4 Å². The molecule has 0 saturated heterocycles. The molecular formula is C11H14BrN4O3+. The first kappa shape index (κ1) is 13.7. The SMILES string of the molecule is CC(=O)C(C)[n+]1c(Br)[nH]c2c1c(=O)n(C)c(=O)n2C. The van der Waals surface area contributed by atoms with Crippen LogP contribution in [-0.4, -0.2) is 19.9 Å². The van der Waals surface area contributed by atoms with E-state index in [-0.39, 0.29) is 5.78 Å². The number of halogens is 1. The van der Waals surface area contributed by atoms with Crippen molar-refractivity contribution in [2.24, 2.45) is 14.1 Å². The average Bonchev–Trinajstić information content (AvgIpc) is 2.70. The van der Waals surface area contributed by atoms with Crippen LogP contribution >= 0.6 is 15.9 Å². The first-order chi connectivity index (χ1) is 8.77. The normalized spacial score (nSPS) is 12.9. The second-order valence-corrected chi connectivity index (χ2v) is 5.23. The Bertz CT molecular complexity index is 799. The van der Waals surface area contributed by atoms with E-state index in [1.807, 2.05) is 0 Å². The van der Waals surface area contributed by atoms with E-state index in [1.165, 1.54) is 18.5 Å². The monoisotopic (exact) mass is 329 g/mol. The van der Waals surface area contributed by atoms with Crippen LogP contribution in [0.3, 0.4) is 0 Å². The summed E-state index contributed by atoms with van der Waals surface area (Å²) in [5.74, 6) is -0.0810. The summed E-state index contributed by atoms with van der Waals surface area (Å²) in [6.07, 6.45) is 0. The van der Waals surface area contributed by atoms with Gasteiger partial charge in [0, 0.05) is 30.0 Å². The average molecular weight is 330 g/mol. The molecule has 2 rings (SSSR count). The van der Waals surface area contributed by atoms with Gasteiger partial charge in [0.1, 0.15) is 0 Å². The molecule has 0 aliphatic carbocycles. The molecule has 0 aromatic carbocycles. The van der Waals surface area contributed by atoms with Crippen LogP contribution in [0.1, 0.15) is 19.9 Å². The van der Waals surface area contributed by atoms with Crippen molar-refractivity contribution >= 4 is 32.9 Å². The Labute approximate surface area is 116 Å². The second kappa shape index (κ2) is 4.44. The minimum absolute atomic E-state index is 0.0810. The number of carbonyl (C=O) groups excluding carboxylic acids is 1. The molecule has 2 aromatic rings. The molecule has 2 aromatic heterocycles. The third kappa shape index (κ3) is 1.86. The van der Waals surface area contributed by atoms with E-state index in [2.05, 4.69) is 20.9 Å². The Hall–Kier alpha value is -1.70. The summed E-state index contributed by atoms with van der Waals surface area (Å²) in [5, 5.41) is 0. The lowest BCUT2D eigenvalue weighted by atomic mass is 10.2. The fourth-order valence-electron chi connectivity index (χ4n) is 1.99. The number of aryl methyl sites for hydroxylation is 1. The second-order valence-electron chi connectivity index (χ2n) is 4.48. The molecule has 7 nitrogen and oxygen atoms in total. The summed E-state index contributed by atoms with van der Waals surface area (Å²) >= 11 is 3.29. The van der Waals surface area contributed by atoms with Crippen LogP contribution in [0.5, 0.6) is 0 Å². The van der Waals surface area contributed by atoms with Crippen molar-refractivity contribution in [3.05, 3.63) is 25.6 Å². The largest absolute Gasteiger partial charge is 0.333 e. The van der Waals surface area contributed by atoms with Crippen LogP contribution in [0.25, 0.3) is 11.2 Å². The number of Topliss-reactive ketones (excluding diaryl/α,β-unsaturated/α-hetero) is 1. The number of imidazole rings is 1. The predicted molar refractivity (Wildman–Crippen MR) is 72.1 cm³/mol. The number of hydrogen-bond donors (Lipinski definition) is 1. The lowest BCUT2D eigenvalue weighted by molar-refractivity contribution is -0.691. The number of hydrogen-bond acceptors (Lipinski definition) is 3. The zero-order valence-electron chi connectivity index (χ0n) is 11.0. The van der Waals surface area contributed by atoms with Crippen LogP contribution in [0.15, 0.2) is 14.3 Å². The first-order valence-corrected chi connectivity index (χ1v) is 6.45. The van der Waals surface area contributed by atoms with E-state index < -0.39 is 17.3 Å². The Balaban J connectivity index is 3.04. The van der Waals surface area contributed by atoms with Gasteiger partial charge >= 0.3 is 16.0 Å². The summed E-state index contributed by atoms with van der Waals surface area (Å²) < 4.78 is 4.39. The summed E-state index contributed by atoms with van der Waals surface area (Å²) in [6, 6.07) is -0.506. The predicted octanol–water partition coefficient (Wildman–Crippen LogP) is -0.235. The van der Waals surface area contributed by atoms with Crippen LogP contribution in [0.4, 0.5) is 0 Å². The van der Waals surface area contributed by atoms with Crippen molar-refractivity contribution in [1.82, 2.24) is 14.1 Å². The Morgan fingerprint density at radius 1 is 1.32 bits per heavy atom. The Morgan fingerprint density at radius 3 is 2.42 bits per heavy atom. The molecule has 0 saturated carbocycles. The molecule has 1 unspecified atom stereocenters. The minimum atomic E-state index is -0.506. The van der Waals surface area contributed by atoms with Gasteiger partial charge in [-0.15, -0.1) is 0 Å². The lowest BCUT2D eigenvalue weighted by Crippen LogP contribution is -2.47. The summed E-state index contributed by atoms with van der Waals surface area (Å²) in [6.45, 7) is 3.15. The number of carbonyl (C=O) groups is 1. The highest BCUT2D eigenvalue weighted by molar-refractivity contribution is 9.10. The van der Waals surface area contributed by atoms with Crippen molar-refractivity contribution in [2.45, 2.75) is 19.9 Å². The molecule has 1 atom stereocenters. The van der Waals surface area contributed by atoms with Crippen molar-refractivity contribution < 1.29 is 9.36 Å². The third-order valence-corrected chi connectivity index (χ3v) is 3.87. The van der Waals surface area contributed by atoms with E-state index in [1.54, 1.807) is 18.5 Å². The van der Waals surface area contributed by atoms with E-state index in [0.29, 0.717) is 15.9 Å². The van der Waals surface area contributed by atoms with Crippen LogP contribution in [0.2, 0.25) is 0 Å². The standard InChI is InChI=1S/C11H13BrN4O3/c1-5(6(2)17)16-7-8(13-10(16)12)14(3)11(19)15(4)9(7)18/h5H,1-4H3/p+1. The minimum Gasteiger partial charge on any atom is -0.295 e. The highest BCUT2D eigenvalue weighted by Crippen LogP contribution is 2.12. The number of aromatic amines is 1. The van der Waals surface area contributed by atoms with Gasteiger partial charge in [-0.3, -0.25) is 18.7 Å². The number of nitrogens with one attached hydrogen (secondary N) is 1. The Kier molecular flexibility index (Phi) is 3.21. The molecule has 0 aliphatic rings. The molecular weight excluding hydrogens is 316 g/mol. The van der Waals surface area contributed by atoms with Gasteiger partial charge in [-0.25, -0.2) is 14.3 Å². The van der Waals surface area contributed by atoms with Crippen molar-refractivity contribution in [3.8, 4) is 0 Å². The van der Waals surface area contributed by atoms with Gasteiger partial charge in [-0.2, -0.15) is 0 Å². The molecule has 0 fully saturated rings. The number of nitrogens with zero attached hydrogens (tertiary/aromatic N) is 3. The fourth-order valence-corrected chi connectivity index (χ4v) is 2.66. The molecule has 8 heteroatoms. The zero-order chi connectivity index (χ0) is 14.5. The molecule has 0 spiro atoms. The van der Waals surface area contributed by atoms with E-state index in [0.717, 1.165) is 4.57 Å². The maximum atomic E-state index is 12.2. The topological polar surface area (TPSA) is 80.7 Å². The Morgan fingerprint density at radius 2 is 1.89 bits per heavy atom. The quantitative estimate of drug-likeness (QED) is 0.610. The maximum absolute atomic E-state index is 12.2. The smallest absolute Gasteiger partial charge is 0.295 e. The van der Waals surface area contributed by atoms with E-state index in [4.69, 9.17) is 0 Å². The van der Waals surface area contributed by atoms with Gasteiger partial charge < -0.3 is 0 Å². The highest BCUT2D eigenvalue weighted by Gasteiger charge is 2.29. The highest BCUT2D eigenvalue weighted by atomic mass is 79.9. The van der Waals surface area contributed by atoms with E-state index >= 15 is 0 Å². The molecule has 2 heterocycles. The molecule has 19 heavy (non-hydrogen) atoms. The van der Waals surface area contributed by atoms with Crippen LogP contribution in [0, 0.1) is 0 Å². The fraction of sp³-hybridized carbons (Fsp3) is 0.455. The number of fused-ring (bicyclic) bond motifs is 1. The number of H-pyrrole nitrogens is 1. The summed E-state index contributed by atoms with van der Waals surface area (Å²) in [4.78, 5) is 38.6. The van der Waals surface area contributed by atoms with Crippen molar-refractivity contribution in [2.75, 3.05) is 0 Å². The molecule has 0 radical (unpaired) electrons. The summed E-state index contributed by atoms with van der Waals surface area (Å²) in [7, 11) is 2.98. The number of rotatable bonds is 2. The zero-order valence-corrected chi connectivity index (χ0v) is 12.6. The summed E-state index contributed by atoms with van der Waals surface area (Å²) in [5.41, 5.74) is -0.186. The van der Waals surface area contributed by atoms with Crippen LogP contribution in [-0.2, 0) is 18.9 Å². The van der Waals surface area contributed by atoms with Gasteiger partial charge in [-0.1, -0.05) is 0 Å².